The average molecular weight is 265 g/mol. The molecule has 0 fully saturated rings. The van der Waals surface area contributed by atoms with Gasteiger partial charge in [-0.15, -0.1) is 0 Å². The van der Waals surface area contributed by atoms with Crippen LogP contribution in [0.25, 0.3) is 0 Å². The molecular formula is C10H15N7S. The molecule has 8 heteroatoms. The minimum atomic E-state index is 0.336. The number of aryl methyl sites for hydroxylation is 2. The Labute approximate surface area is 109 Å². The number of aromatic nitrogens is 4. The van der Waals surface area contributed by atoms with Gasteiger partial charge in [-0.3, -0.25) is 4.68 Å². The summed E-state index contributed by atoms with van der Waals surface area (Å²) in [4.78, 5) is 8.22. The number of anilines is 3. The summed E-state index contributed by atoms with van der Waals surface area (Å²) < 4.78 is 1.80. The van der Waals surface area contributed by atoms with Gasteiger partial charge in [-0.2, -0.15) is 5.10 Å². The number of rotatable bonds is 3. The Morgan fingerprint density at radius 1 is 1.22 bits per heavy atom. The highest BCUT2D eigenvalue weighted by Gasteiger charge is 2.14. The second-order valence-corrected chi connectivity index (χ2v) is 4.68. The fourth-order valence-corrected chi connectivity index (χ4v) is 2.50. The van der Waals surface area contributed by atoms with Crippen LogP contribution in [0.1, 0.15) is 12.6 Å². The summed E-state index contributed by atoms with van der Waals surface area (Å²) in [6, 6.07) is 1.51. The van der Waals surface area contributed by atoms with E-state index in [-0.39, 0.29) is 0 Å². The third-order valence-electron chi connectivity index (χ3n) is 2.36. The minimum absolute atomic E-state index is 0.336. The summed E-state index contributed by atoms with van der Waals surface area (Å²) in [5, 5.41) is 5.59. The largest absolute Gasteiger partial charge is 0.395 e. The smallest absolute Gasteiger partial charge is 0.197 e. The summed E-state index contributed by atoms with van der Waals surface area (Å²) in [7, 11) is 0. The van der Waals surface area contributed by atoms with Crippen LogP contribution in [0, 0.1) is 6.92 Å². The van der Waals surface area contributed by atoms with Gasteiger partial charge in [-0.25, -0.2) is 9.97 Å². The van der Waals surface area contributed by atoms with Crippen LogP contribution in [0.3, 0.4) is 0 Å². The van der Waals surface area contributed by atoms with Crippen molar-refractivity contribution in [3.8, 4) is 0 Å². The molecule has 0 aliphatic rings. The normalized spacial score (nSPS) is 10.8. The Hall–Kier alpha value is -1.96. The maximum Gasteiger partial charge on any atom is 0.197 e. The molecule has 0 bridgehead atoms. The van der Waals surface area contributed by atoms with Crippen molar-refractivity contribution in [1.29, 1.82) is 0 Å². The molecule has 96 valence electrons. The first-order valence-electron chi connectivity index (χ1n) is 5.42. The molecule has 6 N–H and O–H groups in total. The van der Waals surface area contributed by atoms with Crippen LogP contribution in [0.2, 0.25) is 0 Å². The van der Waals surface area contributed by atoms with Crippen molar-refractivity contribution in [1.82, 2.24) is 19.7 Å². The first-order chi connectivity index (χ1) is 8.51. The van der Waals surface area contributed by atoms with Crippen molar-refractivity contribution in [2.75, 3.05) is 17.2 Å². The second-order valence-electron chi connectivity index (χ2n) is 3.72. The van der Waals surface area contributed by atoms with E-state index in [9.17, 15) is 0 Å². The van der Waals surface area contributed by atoms with Gasteiger partial charge >= 0.3 is 0 Å². The zero-order valence-electron chi connectivity index (χ0n) is 10.2. The Kier molecular flexibility index (Phi) is 3.28. The highest BCUT2D eigenvalue weighted by Crippen LogP contribution is 2.32. The molecule has 7 nitrogen and oxygen atoms in total. The van der Waals surface area contributed by atoms with Crippen molar-refractivity contribution in [2.45, 2.75) is 30.6 Å². The monoisotopic (exact) mass is 265 g/mol. The lowest BCUT2D eigenvalue weighted by Crippen LogP contribution is -2.02. The maximum absolute atomic E-state index is 5.98. The SMILES string of the molecule is CCn1nc(C)c(N)c1Sc1nc(N)cc(N)n1. The predicted octanol–water partition coefficient (Wildman–Crippen LogP) is 0.899. The lowest BCUT2D eigenvalue weighted by atomic mass is 10.4. The lowest BCUT2D eigenvalue weighted by Gasteiger charge is -2.05. The van der Waals surface area contributed by atoms with Gasteiger partial charge in [0.05, 0.1) is 11.4 Å². The van der Waals surface area contributed by atoms with Crippen molar-refractivity contribution >= 4 is 29.1 Å². The molecule has 18 heavy (non-hydrogen) atoms. The van der Waals surface area contributed by atoms with Crippen LogP contribution < -0.4 is 17.2 Å². The maximum atomic E-state index is 5.98. The molecule has 0 atom stereocenters. The van der Waals surface area contributed by atoms with Crippen LogP contribution in [0.4, 0.5) is 17.3 Å². The first-order valence-corrected chi connectivity index (χ1v) is 6.23. The molecule has 2 aromatic heterocycles. The van der Waals surface area contributed by atoms with Gasteiger partial charge in [-0.1, -0.05) is 0 Å². The number of hydrogen-bond acceptors (Lipinski definition) is 7. The van der Waals surface area contributed by atoms with Crippen LogP contribution in [-0.4, -0.2) is 19.7 Å². The summed E-state index contributed by atoms with van der Waals surface area (Å²) in [6.45, 7) is 4.57. The van der Waals surface area contributed by atoms with E-state index < -0.39 is 0 Å². The summed E-state index contributed by atoms with van der Waals surface area (Å²) in [5.41, 5.74) is 18.7. The number of nitrogens with zero attached hydrogens (tertiary/aromatic N) is 4. The van der Waals surface area contributed by atoms with Gasteiger partial charge < -0.3 is 17.2 Å². The van der Waals surface area contributed by atoms with Crippen molar-refractivity contribution in [3.05, 3.63) is 11.8 Å². The molecule has 2 heterocycles. The Morgan fingerprint density at radius 2 is 1.83 bits per heavy atom. The molecule has 0 saturated heterocycles. The fraction of sp³-hybridized carbons (Fsp3) is 0.300. The van der Waals surface area contributed by atoms with Crippen LogP contribution >= 0.6 is 11.8 Å². The Morgan fingerprint density at radius 3 is 2.39 bits per heavy atom. The molecule has 0 radical (unpaired) electrons. The van der Waals surface area contributed by atoms with Crippen LogP contribution in [0.5, 0.6) is 0 Å². The second kappa shape index (κ2) is 4.73. The number of nitrogens with two attached hydrogens (primary N) is 3. The number of nitrogen functional groups attached to an aromatic ring is 3. The molecule has 2 aromatic rings. The van der Waals surface area contributed by atoms with Crippen molar-refractivity contribution in [3.63, 3.8) is 0 Å². The standard InChI is InChI=1S/C10H15N7S/c1-3-17-9(8(13)5(2)16-17)18-10-14-6(11)4-7(12)15-10/h4H,3,13H2,1-2H3,(H4,11,12,14,15). The topological polar surface area (TPSA) is 122 Å². The lowest BCUT2D eigenvalue weighted by molar-refractivity contribution is 0.601. The van der Waals surface area contributed by atoms with Crippen LogP contribution in [-0.2, 0) is 6.54 Å². The van der Waals surface area contributed by atoms with E-state index in [2.05, 4.69) is 15.1 Å². The van der Waals surface area contributed by atoms with E-state index in [4.69, 9.17) is 17.2 Å². The molecule has 0 saturated carbocycles. The van der Waals surface area contributed by atoms with E-state index in [0.717, 1.165) is 17.3 Å². The zero-order valence-corrected chi connectivity index (χ0v) is 11.0. The average Bonchev–Trinajstić information content (AvgIpc) is 2.55. The van der Waals surface area contributed by atoms with Gasteiger partial charge in [0, 0.05) is 12.6 Å². The molecule has 0 aromatic carbocycles. The van der Waals surface area contributed by atoms with E-state index in [1.54, 1.807) is 4.68 Å². The molecule has 0 spiro atoms. The molecule has 0 aliphatic carbocycles. The molecular weight excluding hydrogens is 250 g/mol. The third-order valence-corrected chi connectivity index (χ3v) is 3.35. The molecule has 2 rings (SSSR count). The summed E-state index contributed by atoms with van der Waals surface area (Å²) >= 11 is 1.31. The quantitative estimate of drug-likeness (QED) is 0.705. The Bertz CT molecular complexity index is 558. The molecule has 0 aliphatic heterocycles. The molecule has 0 unspecified atom stereocenters. The minimum Gasteiger partial charge on any atom is -0.395 e. The highest BCUT2D eigenvalue weighted by atomic mass is 32.2. The van der Waals surface area contributed by atoms with E-state index >= 15 is 0 Å². The van der Waals surface area contributed by atoms with Crippen molar-refractivity contribution in [2.24, 2.45) is 0 Å². The predicted molar refractivity (Wildman–Crippen MR) is 72.0 cm³/mol. The van der Waals surface area contributed by atoms with Gasteiger partial charge in [0.1, 0.15) is 16.7 Å². The highest BCUT2D eigenvalue weighted by molar-refractivity contribution is 7.99. The van der Waals surface area contributed by atoms with E-state index in [1.165, 1.54) is 17.8 Å². The van der Waals surface area contributed by atoms with Crippen LogP contribution in [0.15, 0.2) is 16.2 Å². The number of hydrogen-bond donors (Lipinski definition) is 3. The Balaban J connectivity index is 2.39. The molecule has 0 amide bonds. The van der Waals surface area contributed by atoms with Gasteiger partial charge in [0.2, 0.25) is 0 Å². The van der Waals surface area contributed by atoms with E-state index in [1.807, 2.05) is 13.8 Å². The fourth-order valence-electron chi connectivity index (χ4n) is 1.49. The van der Waals surface area contributed by atoms with E-state index in [0.29, 0.717) is 22.5 Å². The van der Waals surface area contributed by atoms with Gasteiger partial charge in [-0.05, 0) is 25.6 Å². The summed E-state index contributed by atoms with van der Waals surface area (Å²) in [5.74, 6) is 0.672. The van der Waals surface area contributed by atoms with Gasteiger partial charge in [0.25, 0.3) is 0 Å². The summed E-state index contributed by atoms with van der Waals surface area (Å²) in [6.07, 6.45) is 0. The third kappa shape index (κ3) is 2.33. The zero-order chi connectivity index (χ0) is 13.3. The first kappa shape index (κ1) is 12.5. The van der Waals surface area contributed by atoms with Crippen molar-refractivity contribution < 1.29 is 0 Å². The van der Waals surface area contributed by atoms with Gasteiger partial charge in [0.15, 0.2) is 5.16 Å².